The molecular formula is C25H40O. The van der Waals surface area contributed by atoms with Gasteiger partial charge in [0, 0.05) is 0 Å². The number of fused-ring (bicyclic) bond motifs is 1. The topological polar surface area (TPSA) is 20.2 Å². The van der Waals surface area contributed by atoms with Gasteiger partial charge in [-0.25, -0.2) is 0 Å². The van der Waals surface area contributed by atoms with Gasteiger partial charge in [-0.3, -0.25) is 0 Å². The third-order valence-corrected chi connectivity index (χ3v) is 8.77. The van der Waals surface area contributed by atoms with E-state index in [2.05, 4.69) is 61.5 Å². The highest BCUT2D eigenvalue weighted by Gasteiger charge is 2.57. The molecule has 3 rings (SSSR count). The van der Waals surface area contributed by atoms with Crippen molar-refractivity contribution in [1.82, 2.24) is 0 Å². The number of aliphatic hydroxyl groups is 1. The lowest BCUT2D eigenvalue weighted by atomic mass is 9.45. The zero-order valence-electron chi connectivity index (χ0n) is 18.4. The maximum Gasteiger partial charge on any atom is 0.0656 e. The molecule has 0 aromatic heterocycles. The molecule has 4 atom stereocenters. The van der Waals surface area contributed by atoms with Gasteiger partial charge in [0.1, 0.15) is 0 Å². The molecule has 0 heterocycles. The number of benzene rings is 1. The summed E-state index contributed by atoms with van der Waals surface area (Å²) < 4.78 is 0. The molecule has 2 fully saturated rings. The Morgan fingerprint density at radius 3 is 2.23 bits per heavy atom. The SMILES string of the molecule is Cc1cc(C[C@@H]2[C@@]3(C)CCCC(C)(C)[C@@H]3CC[C@@]2(C)O)c(C)c(C)c1C. The highest BCUT2D eigenvalue weighted by atomic mass is 16.3. The minimum absolute atomic E-state index is 0.239. The lowest BCUT2D eigenvalue weighted by Crippen LogP contribution is -2.58. The smallest absolute Gasteiger partial charge is 0.0656 e. The first-order valence-corrected chi connectivity index (χ1v) is 10.7. The molecule has 146 valence electrons. The standard InChI is InChI=1S/C25H40O/c1-16-14-20(19(4)18(3)17(16)2)15-22-24(7)12-9-11-23(5,6)21(24)10-13-25(22,8)26/h14,21-22,26H,9-13,15H2,1-8H3/t21-,22+,24-,25+/m0/s1. The predicted molar refractivity (Wildman–Crippen MR) is 112 cm³/mol. The summed E-state index contributed by atoms with van der Waals surface area (Å²) in [4.78, 5) is 0. The van der Waals surface area contributed by atoms with Crippen molar-refractivity contribution in [3.63, 3.8) is 0 Å². The molecule has 0 bridgehead atoms. The fraction of sp³-hybridized carbons (Fsp3) is 0.760. The Hall–Kier alpha value is -0.820. The molecule has 2 aliphatic carbocycles. The van der Waals surface area contributed by atoms with Crippen LogP contribution in [0, 0.1) is 50.4 Å². The van der Waals surface area contributed by atoms with E-state index in [1.807, 2.05) is 0 Å². The Kier molecular flexibility index (Phi) is 4.88. The van der Waals surface area contributed by atoms with E-state index < -0.39 is 5.60 Å². The lowest BCUT2D eigenvalue weighted by molar-refractivity contribution is -0.166. The maximum absolute atomic E-state index is 11.5. The van der Waals surface area contributed by atoms with E-state index in [-0.39, 0.29) is 5.41 Å². The van der Waals surface area contributed by atoms with E-state index in [0.29, 0.717) is 11.3 Å². The second kappa shape index (κ2) is 6.36. The van der Waals surface area contributed by atoms with Crippen LogP contribution in [0.1, 0.15) is 87.6 Å². The number of rotatable bonds is 2. The van der Waals surface area contributed by atoms with Crippen molar-refractivity contribution in [3.8, 4) is 0 Å². The zero-order valence-corrected chi connectivity index (χ0v) is 18.4. The molecule has 0 spiro atoms. The van der Waals surface area contributed by atoms with Crippen molar-refractivity contribution >= 4 is 0 Å². The highest BCUT2D eigenvalue weighted by molar-refractivity contribution is 5.44. The second-order valence-electron chi connectivity index (χ2n) is 10.8. The average molecular weight is 357 g/mol. The van der Waals surface area contributed by atoms with Gasteiger partial charge in [0.15, 0.2) is 0 Å². The van der Waals surface area contributed by atoms with Crippen molar-refractivity contribution in [2.24, 2.45) is 22.7 Å². The van der Waals surface area contributed by atoms with Crippen molar-refractivity contribution < 1.29 is 5.11 Å². The fourth-order valence-electron chi connectivity index (χ4n) is 6.81. The Morgan fingerprint density at radius 1 is 0.923 bits per heavy atom. The van der Waals surface area contributed by atoms with Crippen LogP contribution in [0.3, 0.4) is 0 Å². The van der Waals surface area contributed by atoms with E-state index >= 15 is 0 Å². The molecule has 2 saturated carbocycles. The minimum atomic E-state index is -0.558. The normalized spacial score (nSPS) is 36.7. The van der Waals surface area contributed by atoms with Crippen LogP contribution in [0.4, 0.5) is 0 Å². The summed E-state index contributed by atoms with van der Waals surface area (Å²) >= 11 is 0. The summed E-state index contributed by atoms with van der Waals surface area (Å²) in [5.74, 6) is 1.07. The number of aryl methyl sites for hydroxylation is 1. The largest absolute Gasteiger partial charge is 0.390 e. The van der Waals surface area contributed by atoms with E-state index in [9.17, 15) is 5.11 Å². The number of hydrogen-bond acceptors (Lipinski definition) is 1. The van der Waals surface area contributed by atoms with Gasteiger partial charge in [-0.2, -0.15) is 0 Å². The monoisotopic (exact) mass is 356 g/mol. The van der Waals surface area contributed by atoms with Gasteiger partial charge in [-0.05, 0) is 117 Å². The average Bonchev–Trinajstić information content (AvgIpc) is 2.52. The number of hydrogen-bond donors (Lipinski definition) is 1. The van der Waals surface area contributed by atoms with E-state index in [0.717, 1.165) is 18.8 Å². The maximum atomic E-state index is 11.5. The van der Waals surface area contributed by atoms with Gasteiger partial charge in [-0.1, -0.05) is 33.3 Å². The predicted octanol–water partition coefficient (Wildman–Crippen LogP) is 6.46. The van der Waals surface area contributed by atoms with Crippen LogP contribution in [-0.4, -0.2) is 10.7 Å². The molecule has 0 aliphatic heterocycles. The van der Waals surface area contributed by atoms with Crippen LogP contribution < -0.4 is 0 Å². The molecule has 1 aromatic carbocycles. The van der Waals surface area contributed by atoms with E-state index in [1.54, 1.807) is 0 Å². The molecule has 0 saturated heterocycles. The van der Waals surface area contributed by atoms with Crippen LogP contribution in [0.5, 0.6) is 0 Å². The Balaban J connectivity index is 2.04. The minimum Gasteiger partial charge on any atom is -0.390 e. The van der Waals surface area contributed by atoms with Gasteiger partial charge in [0.25, 0.3) is 0 Å². The third-order valence-electron chi connectivity index (χ3n) is 8.77. The van der Waals surface area contributed by atoms with E-state index in [1.165, 1.54) is 53.5 Å². The molecule has 1 nitrogen and oxygen atoms in total. The molecule has 1 heteroatoms. The van der Waals surface area contributed by atoms with Crippen LogP contribution in [-0.2, 0) is 6.42 Å². The fourth-order valence-corrected chi connectivity index (χ4v) is 6.81. The highest BCUT2D eigenvalue weighted by Crippen LogP contribution is 2.62. The summed E-state index contributed by atoms with van der Waals surface area (Å²) in [6.07, 6.45) is 7.05. The molecule has 1 N–H and O–H groups in total. The quantitative estimate of drug-likeness (QED) is 0.645. The van der Waals surface area contributed by atoms with Crippen LogP contribution in [0.2, 0.25) is 0 Å². The van der Waals surface area contributed by atoms with Crippen molar-refractivity contribution in [1.29, 1.82) is 0 Å². The first kappa shape index (κ1) is 19.9. The molecular weight excluding hydrogens is 316 g/mol. The second-order valence-corrected chi connectivity index (χ2v) is 10.8. The van der Waals surface area contributed by atoms with Crippen molar-refractivity contribution in [2.75, 3.05) is 0 Å². The molecule has 0 radical (unpaired) electrons. The van der Waals surface area contributed by atoms with E-state index in [4.69, 9.17) is 0 Å². The van der Waals surface area contributed by atoms with Gasteiger partial charge in [0.05, 0.1) is 5.60 Å². The first-order chi connectivity index (χ1) is 11.9. The van der Waals surface area contributed by atoms with Gasteiger partial charge in [-0.15, -0.1) is 0 Å². The summed E-state index contributed by atoms with van der Waals surface area (Å²) in [6, 6.07) is 2.40. The van der Waals surface area contributed by atoms with Crippen LogP contribution >= 0.6 is 0 Å². The molecule has 2 aliphatic rings. The Labute approximate surface area is 161 Å². The third kappa shape index (κ3) is 3.05. The molecule has 0 amide bonds. The molecule has 0 unspecified atom stereocenters. The van der Waals surface area contributed by atoms with Crippen molar-refractivity contribution in [2.45, 2.75) is 99.5 Å². The summed E-state index contributed by atoms with van der Waals surface area (Å²) in [5.41, 5.74) is 7.22. The zero-order chi connectivity index (χ0) is 19.5. The summed E-state index contributed by atoms with van der Waals surface area (Å²) in [6.45, 7) is 18.6. The summed E-state index contributed by atoms with van der Waals surface area (Å²) in [7, 11) is 0. The van der Waals surface area contributed by atoms with Gasteiger partial charge < -0.3 is 5.11 Å². The Morgan fingerprint density at radius 2 is 1.58 bits per heavy atom. The summed E-state index contributed by atoms with van der Waals surface area (Å²) in [5, 5.41) is 11.5. The Bertz CT molecular complexity index is 697. The molecule has 26 heavy (non-hydrogen) atoms. The molecule has 1 aromatic rings. The van der Waals surface area contributed by atoms with Crippen LogP contribution in [0.15, 0.2) is 6.07 Å². The van der Waals surface area contributed by atoms with Gasteiger partial charge >= 0.3 is 0 Å². The van der Waals surface area contributed by atoms with Crippen molar-refractivity contribution in [3.05, 3.63) is 33.9 Å². The van der Waals surface area contributed by atoms with Gasteiger partial charge in [0.2, 0.25) is 0 Å². The van der Waals surface area contributed by atoms with Crippen LogP contribution in [0.25, 0.3) is 0 Å². The first-order valence-electron chi connectivity index (χ1n) is 10.7. The lowest BCUT2D eigenvalue weighted by Gasteiger charge is -2.61.